The normalized spacial score (nSPS) is 19.1. The Kier molecular flexibility index (Phi) is 5.20. The molecule has 4 aromatic heterocycles. The minimum Gasteiger partial charge on any atom is -0.382 e. The van der Waals surface area contributed by atoms with Gasteiger partial charge in [-0.05, 0) is 42.4 Å². The van der Waals surface area contributed by atoms with Crippen molar-refractivity contribution in [3.63, 3.8) is 0 Å². The molecule has 1 unspecified atom stereocenters. The first-order valence-corrected chi connectivity index (χ1v) is 12.5. The van der Waals surface area contributed by atoms with Gasteiger partial charge in [-0.25, -0.2) is 15.0 Å². The number of rotatable bonds is 3. The molecule has 6 rings (SSSR count). The zero-order valence-electron chi connectivity index (χ0n) is 18.8. The molecule has 0 saturated carbocycles. The lowest BCUT2D eigenvalue weighted by molar-refractivity contribution is 0.186. The first-order chi connectivity index (χ1) is 16.5. The molecular formula is C23H24BClN8S. The summed E-state index contributed by atoms with van der Waals surface area (Å²) in [6.45, 7) is 1.78. The molecule has 0 amide bonds. The van der Waals surface area contributed by atoms with E-state index < -0.39 is 0 Å². The number of hydrogen-bond donors (Lipinski definition) is 2. The fourth-order valence-electron chi connectivity index (χ4n) is 5.32. The molecule has 5 heterocycles. The standard InChI is InChI=1S/C23H24BClN8S/c24-19-17(34-15-3-7-29-20(27)16(15)25)21-30-8-11-33(21)22(31-19)32-9-4-23(5-10-32)12-14-13(18(23)26)2-1-6-28-14/h1-3,6-8,11,18H,4-5,9-10,12,24,26H2,(H2,27,29). The summed E-state index contributed by atoms with van der Waals surface area (Å²) >= 11 is 7.91. The predicted molar refractivity (Wildman–Crippen MR) is 138 cm³/mol. The smallest absolute Gasteiger partial charge is 0.210 e. The van der Waals surface area contributed by atoms with Gasteiger partial charge in [0, 0.05) is 60.1 Å². The van der Waals surface area contributed by atoms with Gasteiger partial charge in [0.25, 0.3) is 0 Å². The van der Waals surface area contributed by atoms with Crippen molar-refractivity contribution in [3.05, 3.63) is 59.3 Å². The molecular weight excluding hydrogens is 467 g/mol. The van der Waals surface area contributed by atoms with Crippen molar-refractivity contribution < 1.29 is 0 Å². The van der Waals surface area contributed by atoms with Gasteiger partial charge in [0.15, 0.2) is 13.5 Å². The number of anilines is 2. The van der Waals surface area contributed by atoms with Crippen LogP contribution >= 0.6 is 23.4 Å². The van der Waals surface area contributed by atoms with Gasteiger partial charge in [0.1, 0.15) is 5.82 Å². The molecule has 4 N–H and O–H groups in total. The number of piperidine rings is 1. The van der Waals surface area contributed by atoms with E-state index in [1.54, 1.807) is 6.20 Å². The van der Waals surface area contributed by atoms with Crippen molar-refractivity contribution in [3.8, 4) is 0 Å². The molecule has 11 heteroatoms. The summed E-state index contributed by atoms with van der Waals surface area (Å²) in [5, 5.41) is 0.449. The van der Waals surface area contributed by atoms with Crippen molar-refractivity contribution in [2.75, 3.05) is 23.7 Å². The second kappa shape index (κ2) is 8.14. The third kappa shape index (κ3) is 3.35. The number of aromatic nitrogens is 5. The fraction of sp³-hybridized carbons (Fsp3) is 0.304. The van der Waals surface area contributed by atoms with Crippen LogP contribution in [0.1, 0.15) is 30.1 Å². The summed E-state index contributed by atoms with van der Waals surface area (Å²) in [6.07, 6.45) is 10.3. The molecule has 4 aromatic rings. The van der Waals surface area contributed by atoms with Gasteiger partial charge in [-0.1, -0.05) is 29.4 Å². The first-order valence-electron chi connectivity index (χ1n) is 11.3. The first kappa shape index (κ1) is 21.7. The molecule has 0 radical (unpaired) electrons. The highest BCUT2D eigenvalue weighted by Crippen LogP contribution is 2.50. The molecule has 172 valence electrons. The topological polar surface area (TPSA) is 111 Å². The maximum atomic E-state index is 6.74. The molecule has 1 spiro atoms. The van der Waals surface area contributed by atoms with E-state index in [4.69, 9.17) is 28.1 Å². The highest BCUT2D eigenvalue weighted by atomic mass is 35.5. The van der Waals surface area contributed by atoms with E-state index in [9.17, 15) is 0 Å². The van der Waals surface area contributed by atoms with Gasteiger partial charge in [0.2, 0.25) is 5.95 Å². The van der Waals surface area contributed by atoms with Crippen LogP contribution in [-0.4, -0.2) is 45.3 Å². The van der Waals surface area contributed by atoms with Crippen LogP contribution in [0.15, 0.2) is 52.8 Å². The molecule has 0 aromatic carbocycles. The van der Waals surface area contributed by atoms with Crippen LogP contribution in [0.3, 0.4) is 0 Å². The van der Waals surface area contributed by atoms with Crippen LogP contribution in [0.5, 0.6) is 0 Å². The van der Waals surface area contributed by atoms with Crippen LogP contribution in [0.2, 0.25) is 5.02 Å². The number of hydrogen-bond acceptors (Lipinski definition) is 8. The lowest BCUT2D eigenvalue weighted by Gasteiger charge is -2.42. The average molecular weight is 491 g/mol. The van der Waals surface area contributed by atoms with E-state index in [0.29, 0.717) is 10.8 Å². The molecule has 34 heavy (non-hydrogen) atoms. The molecule has 1 fully saturated rings. The van der Waals surface area contributed by atoms with E-state index in [2.05, 4.69) is 30.3 Å². The highest BCUT2D eigenvalue weighted by Gasteiger charge is 2.46. The van der Waals surface area contributed by atoms with E-state index in [-0.39, 0.29) is 11.5 Å². The van der Waals surface area contributed by atoms with Crippen LogP contribution in [0.25, 0.3) is 5.65 Å². The van der Waals surface area contributed by atoms with Gasteiger partial charge in [-0.15, -0.1) is 0 Å². The van der Waals surface area contributed by atoms with E-state index in [1.165, 1.54) is 17.3 Å². The largest absolute Gasteiger partial charge is 0.382 e. The van der Waals surface area contributed by atoms with Crippen LogP contribution < -0.4 is 22.0 Å². The Morgan fingerprint density at radius 3 is 2.74 bits per heavy atom. The molecule has 1 aliphatic carbocycles. The van der Waals surface area contributed by atoms with E-state index in [1.807, 2.05) is 38.6 Å². The van der Waals surface area contributed by atoms with E-state index >= 15 is 0 Å². The highest BCUT2D eigenvalue weighted by molar-refractivity contribution is 7.99. The van der Waals surface area contributed by atoms with Crippen molar-refractivity contribution >= 4 is 54.2 Å². The van der Waals surface area contributed by atoms with E-state index in [0.717, 1.165) is 65.0 Å². The third-order valence-electron chi connectivity index (χ3n) is 7.23. The molecule has 0 bridgehead atoms. The number of nitrogens with zero attached hydrogens (tertiary/aromatic N) is 6. The lowest BCUT2D eigenvalue weighted by Crippen LogP contribution is -2.45. The van der Waals surface area contributed by atoms with Crippen LogP contribution in [0.4, 0.5) is 11.8 Å². The Morgan fingerprint density at radius 1 is 1.12 bits per heavy atom. The predicted octanol–water partition coefficient (Wildman–Crippen LogP) is 2.01. The van der Waals surface area contributed by atoms with Gasteiger partial charge >= 0.3 is 0 Å². The monoisotopic (exact) mass is 490 g/mol. The molecule has 1 atom stereocenters. The Bertz CT molecular complexity index is 1400. The Labute approximate surface area is 207 Å². The summed E-state index contributed by atoms with van der Waals surface area (Å²) < 4.78 is 2.07. The van der Waals surface area contributed by atoms with Crippen LogP contribution in [0, 0.1) is 5.41 Å². The van der Waals surface area contributed by atoms with Crippen LogP contribution in [-0.2, 0) is 6.42 Å². The summed E-state index contributed by atoms with van der Waals surface area (Å²) in [6, 6.07) is 6.02. The summed E-state index contributed by atoms with van der Waals surface area (Å²) in [4.78, 5) is 22.5. The molecule has 1 aliphatic heterocycles. The molecule has 2 aliphatic rings. The Hall–Kier alpha value is -2.82. The molecule has 1 saturated heterocycles. The quantitative estimate of drug-likeness (QED) is 0.420. The van der Waals surface area contributed by atoms with Crippen molar-refractivity contribution in [2.24, 2.45) is 11.1 Å². The number of halogens is 1. The van der Waals surface area contributed by atoms with Crippen molar-refractivity contribution in [1.82, 2.24) is 24.3 Å². The summed E-state index contributed by atoms with van der Waals surface area (Å²) in [5.74, 6) is 1.23. The summed E-state index contributed by atoms with van der Waals surface area (Å²) in [5.41, 5.74) is 16.8. The Morgan fingerprint density at radius 2 is 1.94 bits per heavy atom. The maximum absolute atomic E-state index is 6.74. The zero-order valence-corrected chi connectivity index (χ0v) is 20.4. The number of imidazole rings is 1. The van der Waals surface area contributed by atoms with Gasteiger partial charge < -0.3 is 16.4 Å². The average Bonchev–Trinajstić information content (AvgIpc) is 3.43. The second-order valence-corrected chi connectivity index (χ2v) is 10.5. The van der Waals surface area contributed by atoms with Crippen molar-refractivity contribution in [2.45, 2.75) is 35.1 Å². The fourth-order valence-corrected chi connectivity index (χ4v) is 6.52. The van der Waals surface area contributed by atoms with Gasteiger partial charge in [-0.3, -0.25) is 9.38 Å². The number of nitrogens with two attached hydrogens (primary N) is 2. The zero-order chi connectivity index (χ0) is 23.4. The minimum atomic E-state index is 0.0395. The maximum Gasteiger partial charge on any atom is 0.210 e. The Balaban J connectivity index is 1.29. The minimum absolute atomic E-state index is 0.0395. The lowest BCUT2D eigenvalue weighted by atomic mass is 9.73. The van der Waals surface area contributed by atoms with Gasteiger partial charge in [-0.2, -0.15) is 0 Å². The third-order valence-corrected chi connectivity index (χ3v) is 8.98. The van der Waals surface area contributed by atoms with Crippen molar-refractivity contribution in [1.29, 1.82) is 0 Å². The van der Waals surface area contributed by atoms with Gasteiger partial charge in [0.05, 0.1) is 9.92 Å². The second-order valence-electron chi connectivity index (χ2n) is 9.10. The SMILES string of the molecule is Bc1nc(N2CCC3(CC2)Cc2ncccc2C3N)n2ccnc2c1Sc1ccnc(N)c1Cl. The number of nitrogen functional groups attached to an aromatic ring is 1. The number of fused-ring (bicyclic) bond motifs is 2. The molecule has 8 nitrogen and oxygen atoms in total. The summed E-state index contributed by atoms with van der Waals surface area (Å²) in [7, 11) is 2.01. The number of pyridine rings is 2.